The van der Waals surface area contributed by atoms with Gasteiger partial charge in [0.05, 0.1) is 11.3 Å². The summed E-state index contributed by atoms with van der Waals surface area (Å²) >= 11 is 0. The Balaban J connectivity index is 2.23. The van der Waals surface area contributed by atoms with Crippen LogP contribution in [0, 0.1) is 17.0 Å². The van der Waals surface area contributed by atoms with E-state index in [0.717, 1.165) is 18.5 Å². The van der Waals surface area contributed by atoms with Crippen LogP contribution in [0.5, 0.6) is 0 Å². The molecule has 2 rings (SSSR count). The van der Waals surface area contributed by atoms with Crippen molar-refractivity contribution in [3.05, 3.63) is 33.9 Å². The molecule has 1 saturated carbocycles. The molecule has 102 valence electrons. The minimum absolute atomic E-state index is 0.0399. The highest BCUT2D eigenvalue weighted by atomic mass is 16.6. The number of aryl methyl sites for hydroxylation is 1. The predicted octanol–water partition coefficient (Wildman–Crippen LogP) is 2.35. The molecule has 0 saturated heterocycles. The summed E-state index contributed by atoms with van der Waals surface area (Å²) in [6.45, 7) is 2.08. The molecular weight excluding hydrogens is 248 g/mol. The van der Waals surface area contributed by atoms with E-state index in [-0.39, 0.29) is 12.1 Å². The molecule has 0 spiro atoms. The van der Waals surface area contributed by atoms with Crippen molar-refractivity contribution in [1.29, 1.82) is 0 Å². The number of aliphatic carboxylic acids is 1. The van der Waals surface area contributed by atoms with Crippen molar-refractivity contribution in [3.63, 3.8) is 0 Å². The lowest BCUT2D eigenvalue weighted by Gasteiger charge is -2.24. The highest BCUT2D eigenvalue weighted by molar-refractivity contribution is 5.68. The Labute approximate surface area is 110 Å². The average molecular weight is 264 g/mol. The zero-order chi connectivity index (χ0) is 14.0. The van der Waals surface area contributed by atoms with Gasteiger partial charge >= 0.3 is 5.97 Å². The lowest BCUT2D eigenvalue weighted by atomic mass is 10.1. The molecule has 0 radical (unpaired) electrons. The van der Waals surface area contributed by atoms with Crippen molar-refractivity contribution in [2.24, 2.45) is 0 Å². The van der Waals surface area contributed by atoms with Crippen molar-refractivity contribution < 1.29 is 14.8 Å². The van der Waals surface area contributed by atoms with Crippen LogP contribution in [0.3, 0.4) is 0 Å². The Bertz CT molecular complexity index is 511. The molecule has 1 fully saturated rings. The number of carbonyl (C=O) groups is 1. The average Bonchev–Trinajstić information content (AvgIpc) is 3.15. The van der Waals surface area contributed by atoms with E-state index in [9.17, 15) is 14.9 Å². The molecule has 0 heterocycles. The largest absolute Gasteiger partial charge is 0.481 e. The number of nitro benzene ring substituents is 1. The van der Waals surface area contributed by atoms with Gasteiger partial charge in [-0.3, -0.25) is 14.9 Å². The number of benzene rings is 1. The van der Waals surface area contributed by atoms with Crippen molar-refractivity contribution >= 4 is 17.3 Å². The van der Waals surface area contributed by atoms with Crippen LogP contribution in [0.15, 0.2) is 18.2 Å². The van der Waals surface area contributed by atoms with Crippen LogP contribution in [0.2, 0.25) is 0 Å². The second-order valence-electron chi connectivity index (χ2n) is 4.80. The number of nitrogens with zero attached hydrogens (tertiary/aromatic N) is 2. The van der Waals surface area contributed by atoms with Crippen LogP contribution in [0.25, 0.3) is 0 Å². The van der Waals surface area contributed by atoms with Crippen LogP contribution in [-0.2, 0) is 4.79 Å². The SMILES string of the molecule is Cc1ccc(N(CCC(=O)O)C2CC2)cc1[N+](=O)[O-]. The van der Waals surface area contributed by atoms with Crippen molar-refractivity contribution in [3.8, 4) is 0 Å². The van der Waals surface area contributed by atoms with Gasteiger partial charge in [-0.15, -0.1) is 0 Å². The molecule has 6 nitrogen and oxygen atoms in total. The Hall–Kier alpha value is -2.11. The van der Waals surface area contributed by atoms with Gasteiger partial charge in [0.25, 0.3) is 5.69 Å². The van der Waals surface area contributed by atoms with Crippen LogP contribution >= 0.6 is 0 Å². The van der Waals surface area contributed by atoms with Crippen LogP contribution in [0.4, 0.5) is 11.4 Å². The quantitative estimate of drug-likeness (QED) is 0.629. The molecular formula is C13H16N2O4. The third-order valence-electron chi connectivity index (χ3n) is 3.28. The van der Waals surface area contributed by atoms with Crippen molar-refractivity contribution in [1.82, 2.24) is 0 Å². The Morgan fingerprint density at radius 1 is 1.53 bits per heavy atom. The fourth-order valence-electron chi connectivity index (χ4n) is 2.10. The van der Waals surface area contributed by atoms with Gasteiger partial charge in [-0.2, -0.15) is 0 Å². The fourth-order valence-corrected chi connectivity index (χ4v) is 2.10. The molecule has 1 aromatic rings. The van der Waals surface area contributed by atoms with Gasteiger partial charge in [0.15, 0.2) is 0 Å². The highest BCUT2D eigenvalue weighted by Crippen LogP contribution is 2.34. The first-order valence-corrected chi connectivity index (χ1v) is 6.22. The second-order valence-corrected chi connectivity index (χ2v) is 4.80. The zero-order valence-electron chi connectivity index (χ0n) is 10.7. The molecule has 19 heavy (non-hydrogen) atoms. The Morgan fingerprint density at radius 3 is 2.74 bits per heavy atom. The van der Waals surface area contributed by atoms with E-state index in [2.05, 4.69) is 0 Å². The number of nitro groups is 1. The molecule has 0 amide bonds. The zero-order valence-corrected chi connectivity index (χ0v) is 10.7. The summed E-state index contributed by atoms with van der Waals surface area (Å²) in [7, 11) is 0. The normalized spacial score (nSPS) is 14.2. The maximum atomic E-state index is 10.9. The Morgan fingerprint density at radius 2 is 2.21 bits per heavy atom. The van der Waals surface area contributed by atoms with Gasteiger partial charge in [-0.05, 0) is 25.8 Å². The minimum atomic E-state index is -0.854. The number of carboxylic acids is 1. The van der Waals surface area contributed by atoms with Gasteiger partial charge in [-0.25, -0.2) is 0 Å². The molecule has 0 aliphatic heterocycles. The number of rotatable bonds is 6. The monoisotopic (exact) mass is 264 g/mol. The van der Waals surface area contributed by atoms with E-state index >= 15 is 0 Å². The topological polar surface area (TPSA) is 83.7 Å². The summed E-state index contributed by atoms with van der Waals surface area (Å²) in [6.07, 6.45) is 2.07. The maximum absolute atomic E-state index is 10.9. The number of anilines is 1. The van der Waals surface area contributed by atoms with Gasteiger partial charge in [0.1, 0.15) is 0 Å². The van der Waals surface area contributed by atoms with Gasteiger partial charge in [0, 0.05) is 29.9 Å². The first-order valence-electron chi connectivity index (χ1n) is 6.22. The van der Waals surface area contributed by atoms with E-state index < -0.39 is 10.9 Å². The first kappa shape index (κ1) is 13.3. The molecule has 0 atom stereocenters. The van der Waals surface area contributed by atoms with Gasteiger partial charge in [0.2, 0.25) is 0 Å². The van der Waals surface area contributed by atoms with E-state index in [1.165, 1.54) is 6.07 Å². The summed E-state index contributed by atoms with van der Waals surface area (Å²) in [5.41, 5.74) is 1.43. The standard InChI is InChI=1S/C13H16N2O4/c1-9-2-3-11(8-12(9)15(18)19)14(10-4-5-10)7-6-13(16)17/h2-3,8,10H,4-7H2,1H3,(H,16,17). The first-order chi connectivity index (χ1) is 8.99. The minimum Gasteiger partial charge on any atom is -0.481 e. The summed E-state index contributed by atoms with van der Waals surface area (Å²) in [4.78, 5) is 23.2. The Kier molecular flexibility index (Phi) is 3.69. The molecule has 1 aromatic carbocycles. The van der Waals surface area contributed by atoms with E-state index in [4.69, 9.17) is 5.11 Å². The third kappa shape index (κ3) is 3.21. The molecule has 0 aromatic heterocycles. The van der Waals surface area contributed by atoms with E-state index in [1.807, 2.05) is 11.0 Å². The summed E-state index contributed by atoms with van der Waals surface area (Å²) in [6, 6.07) is 5.39. The summed E-state index contributed by atoms with van der Waals surface area (Å²) < 4.78 is 0. The predicted molar refractivity (Wildman–Crippen MR) is 70.5 cm³/mol. The summed E-state index contributed by atoms with van der Waals surface area (Å²) in [5.74, 6) is -0.854. The lowest BCUT2D eigenvalue weighted by Crippen LogP contribution is -2.28. The third-order valence-corrected chi connectivity index (χ3v) is 3.28. The number of carboxylic acid groups (broad SMARTS) is 1. The fraction of sp³-hybridized carbons (Fsp3) is 0.462. The molecule has 1 aliphatic rings. The van der Waals surface area contributed by atoms with Crippen LogP contribution in [0.1, 0.15) is 24.8 Å². The smallest absolute Gasteiger partial charge is 0.305 e. The number of hydrogen-bond acceptors (Lipinski definition) is 4. The van der Waals surface area contributed by atoms with Gasteiger partial charge in [-0.1, -0.05) is 6.07 Å². The molecule has 6 heteroatoms. The number of hydrogen-bond donors (Lipinski definition) is 1. The molecule has 1 aliphatic carbocycles. The van der Waals surface area contributed by atoms with Gasteiger partial charge < -0.3 is 10.0 Å². The van der Waals surface area contributed by atoms with Crippen molar-refractivity contribution in [2.75, 3.05) is 11.4 Å². The van der Waals surface area contributed by atoms with Crippen LogP contribution < -0.4 is 4.90 Å². The molecule has 1 N–H and O–H groups in total. The summed E-state index contributed by atoms with van der Waals surface area (Å²) in [5, 5.41) is 19.7. The van der Waals surface area contributed by atoms with Crippen LogP contribution in [-0.4, -0.2) is 28.6 Å². The van der Waals surface area contributed by atoms with E-state index in [0.29, 0.717) is 18.2 Å². The second kappa shape index (κ2) is 5.26. The van der Waals surface area contributed by atoms with E-state index in [1.54, 1.807) is 13.0 Å². The maximum Gasteiger partial charge on any atom is 0.305 e. The lowest BCUT2D eigenvalue weighted by molar-refractivity contribution is -0.385. The highest BCUT2D eigenvalue weighted by Gasteiger charge is 2.30. The van der Waals surface area contributed by atoms with Crippen molar-refractivity contribution in [2.45, 2.75) is 32.2 Å². The molecule has 0 bridgehead atoms. The molecule has 0 unspecified atom stereocenters.